The van der Waals surface area contributed by atoms with Gasteiger partial charge in [0.15, 0.2) is 0 Å². The Labute approximate surface area is 850 Å². The smallest absolute Gasteiger partial charge is 0.248 e. The number of hydrogen-bond donors (Lipinski definition) is 6. The summed E-state index contributed by atoms with van der Waals surface area (Å²) < 4.78 is 93.3. The number of fused-ring (bicyclic) bond motifs is 18. The van der Waals surface area contributed by atoms with Crippen LogP contribution in [0.4, 0.5) is 26.3 Å². The average molecular weight is 2000 g/mol. The van der Waals surface area contributed by atoms with Gasteiger partial charge in [0.25, 0.3) is 0 Å². The van der Waals surface area contributed by atoms with Crippen molar-refractivity contribution < 1.29 is 57.0 Å². The molecule has 0 radical (unpaired) electrons. The van der Waals surface area contributed by atoms with Crippen molar-refractivity contribution in [1.29, 1.82) is 0 Å². The van der Waals surface area contributed by atoms with Gasteiger partial charge in [-0.15, -0.1) is 0 Å². The molecule has 0 saturated heterocycles. The Hall–Kier alpha value is -10.5. The average Bonchev–Trinajstić information content (AvgIpc) is 1.62. The van der Waals surface area contributed by atoms with Crippen LogP contribution >= 0.6 is 0 Å². The zero-order valence-corrected chi connectivity index (χ0v) is 83.6. The van der Waals surface area contributed by atoms with Crippen LogP contribution in [0.15, 0.2) is 160 Å². The number of halogens is 6. The van der Waals surface area contributed by atoms with Crippen LogP contribution in [0, 0.1) is 35.5 Å². The van der Waals surface area contributed by atoms with Crippen molar-refractivity contribution in [1.82, 2.24) is 87.2 Å². The molecule has 0 amide bonds. The second-order valence-electron chi connectivity index (χ2n) is 45.8. The minimum absolute atomic E-state index is 0.0568. The number of nitrogens with zero attached hydrogens (tertiary/aromatic N) is 18. The lowest BCUT2D eigenvalue weighted by atomic mass is 9.81. The first kappa shape index (κ1) is 98.8. The lowest BCUT2D eigenvalue weighted by Crippen LogP contribution is -2.32. The summed E-state index contributed by atoms with van der Waals surface area (Å²) in [6.07, 6.45) is 59.9. The highest BCUT2D eigenvalue weighted by Crippen LogP contribution is 2.55. The molecule has 0 aromatic carbocycles. The minimum atomic E-state index is -2.56. The molecule has 12 aromatic heterocycles. The molecule has 16 aliphatic rings. The van der Waals surface area contributed by atoms with Crippen molar-refractivity contribution in [3.8, 4) is 67.5 Å². The van der Waals surface area contributed by atoms with Gasteiger partial charge < -0.3 is 58.0 Å². The van der Waals surface area contributed by atoms with E-state index < -0.39 is 36.1 Å². The standard InChI is InChI=1S/3C20H23F2N3O.C20H25N3O.2C18H23N3O/c3*21-20(22)7-5-13(6-8-20)18(26)9-16-19-14(17-10-23-11-25(16)17)3-4-15(24-19)12-1-2-12;24-19(14-4-2-1-3-5-14)10-17-20-15(18-11-21-12-23(17)18)8-9-16(22-20)13-6-7-13;2*22-14(9-13-5-2-1-3-6-13)10-16-18-15(7-4-8-20-18)17-11-19-12-21(16)17/h3*3-4,10-13,16,18,26H,1-2,5-9H2;8-9,11-14,17,19,24H,1-7,10H2;2*4,7-8,11-14,16,22H,1-3,5-6,9-10H2. The number of imidazole rings is 6. The molecule has 12 unspecified atom stereocenters. The molecule has 6 aliphatic heterocycles. The Balaban J connectivity index is 0.0000000968. The molecule has 30 heteroatoms. The summed E-state index contributed by atoms with van der Waals surface area (Å²) in [5, 5.41) is 64.4. The molecule has 18 heterocycles. The summed E-state index contributed by atoms with van der Waals surface area (Å²) >= 11 is 0. The van der Waals surface area contributed by atoms with E-state index in [2.05, 4.69) is 128 Å². The molecule has 12 aromatic rings. The Morgan fingerprint density at radius 2 is 0.479 bits per heavy atom. The van der Waals surface area contributed by atoms with Crippen molar-refractivity contribution in [2.75, 3.05) is 0 Å². The molecule has 6 N–H and O–H groups in total. The fraction of sp³-hybridized carbons (Fsp3) is 0.586. The summed E-state index contributed by atoms with van der Waals surface area (Å²) in [7, 11) is 0. The third-order valence-electron chi connectivity index (χ3n) is 35.6. The number of aromatic nitrogens is 18. The van der Waals surface area contributed by atoms with Gasteiger partial charge >= 0.3 is 0 Å². The largest absolute Gasteiger partial charge is 0.393 e. The van der Waals surface area contributed by atoms with Gasteiger partial charge in [-0.2, -0.15) is 0 Å². The molecular weight excluding hydrogens is 1860 g/mol. The van der Waals surface area contributed by atoms with E-state index in [1.165, 1.54) is 159 Å². The summed E-state index contributed by atoms with van der Waals surface area (Å²) in [6, 6.07) is 25.5. The van der Waals surface area contributed by atoms with Crippen LogP contribution in [-0.4, -0.2) is 172 Å². The van der Waals surface area contributed by atoms with Crippen LogP contribution in [0.1, 0.15) is 393 Å². The first-order valence-corrected chi connectivity index (χ1v) is 55.3. The Bertz CT molecular complexity index is 6040. The molecule has 10 aliphatic carbocycles. The van der Waals surface area contributed by atoms with Gasteiger partial charge in [0.2, 0.25) is 17.8 Å². The monoisotopic (exact) mass is 2000 g/mol. The van der Waals surface area contributed by atoms with Crippen molar-refractivity contribution in [3.05, 3.63) is 217 Å². The van der Waals surface area contributed by atoms with Crippen LogP contribution in [0.5, 0.6) is 0 Å². The molecule has 0 spiro atoms. The SMILES string of the molecule is OC(CC1CCCCC1)CC1c2ncccc2-c2cncn21.OC(CC1CCCCC1)CC1c2ncccc2-c2cncn21.OC(CC1c2nc(C3CC3)ccc2-c2cncn21)C1CCC(F)(F)CC1.OC(CC1c2nc(C3CC3)ccc2-c2cncn21)C1CCC(F)(F)CC1.OC(CC1c2nc(C3CC3)ccc2-c2cncn21)C1CCC(F)(F)CC1.OC(CC1c2nc(C3CC3)ccc2-c2cncn21)C1CCCCC1. The van der Waals surface area contributed by atoms with Gasteiger partial charge in [-0.3, -0.25) is 29.9 Å². The van der Waals surface area contributed by atoms with Gasteiger partial charge in [0.1, 0.15) is 0 Å². The van der Waals surface area contributed by atoms with Gasteiger partial charge in [-0.1, -0.05) is 83.5 Å². The quantitative estimate of drug-likeness (QED) is 0.0306. The van der Waals surface area contributed by atoms with E-state index in [4.69, 9.17) is 19.9 Å². The van der Waals surface area contributed by atoms with E-state index in [1.807, 2.05) is 80.7 Å². The maximum absolute atomic E-state index is 13.4. The van der Waals surface area contributed by atoms with Gasteiger partial charge in [0.05, 0.1) is 216 Å². The molecule has 24 nitrogen and oxygen atoms in total. The van der Waals surface area contributed by atoms with Crippen molar-refractivity contribution in [3.63, 3.8) is 0 Å². The summed E-state index contributed by atoms with van der Waals surface area (Å²) in [6.45, 7) is 0. The lowest BCUT2D eigenvalue weighted by Gasteiger charge is -2.32. The maximum Gasteiger partial charge on any atom is 0.248 e. The number of hydrogen-bond acceptors (Lipinski definition) is 18. The first-order chi connectivity index (χ1) is 71.0. The van der Waals surface area contributed by atoms with Crippen molar-refractivity contribution in [2.24, 2.45) is 35.5 Å². The van der Waals surface area contributed by atoms with E-state index in [-0.39, 0.29) is 111 Å². The van der Waals surface area contributed by atoms with E-state index in [9.17, 15) is 57.0 Å². The molecule has 772 valence electrons. The van der Waals surface area contributed by atoms with E-state index in [0.29, 0.717) is 99.2 Å². The van der Waals surface area contributed by atoms with Crippen LogP contribution in [0.2, 0.25) is 0 Å². The van der Waals surface area contributed by atoms with E-state index in [1.54, 1.807) is 19.0 Å². The number of rotatable bonds is 24. The predicted molar refractivity (Wildman–Crippen MR) is 543 cm³/mol. The maximum atomic E-state index is 13.4. The Morgan fingerprint density at radius 1 is 0.253 bits per heavy atom. The third kappa shape index (κ3) is 21.3. The van der Waals surface area contributed by atoms with Gasteiger partial charge in [0, 0.05) is 156 Å². The minimum Gasteiger partial charge on any atom is -0.393 e. The summed E-state index contributed by atoms with van der Waals surface area (Å²) in [4.78, 5) is 54.6. The number of aliphatic hydroxyl groups excluding tert-OH is 6. The Kier molecular flexibility index (Phi) is 28.5. The fourth-order valence-electron chi connectivity index (χ4n) is 26.7. The van der Waals surface area contributed by atoms with Gasteiger partial charge in [-0.25, -0.2) is 56.2 Å². The predicted octanol–water partition coefficient (Wildman–Crippen LogP) is 24.1. The lowest BCUT2D eigenvalue weighted by molar-refractivity contribution is -0.0646. The zero-order chi connectivity index (χ0) is 99.6. The fourth-order valence-corrected chi connectivity index (χ4v) is 26.7. The zero-order valence-electron chi connectivity index (χ0n) is 83.6. The molecule has 10 saturated carbocycles. The van der Waals surface area contributed by atoms with Crippen molar-refractivity contribution in [2.45, 2.75) is 390 Å². The highest BCUT2D eigenvalue weighted by atomic mass is 19.3. The molecule has 146 heavy (non-hydrogen) atoms. The second-order valence-corrected chi connectivity index (χ2v) is 45.8. The van der Waals surface area contributed by atoms with E-state index >= 15 is 0 Å². The van der Waals surface area contributed by atoms with Crippen molar-refractivity contribution >= 4 is 0 Å². The highest BCUT2D eigenvalue weighted by molar-refractivity contribution is 5.72. The Morgan fingerprint density at radius 3 is 0.726 bits per heavy atom. The summed E-state index contributed by atoms with van der Waals surface area (Å²) in [5.74, 6) is -3.60. The van der Waals surface area contributed by atoms with E-state index in [0.717, 1.165) is 145 Å². The number of pyridine rings is 6. The van der Waals surface area contributed by atoms with Crippen LogP contribution in [-0.2, 0) is 0 Å². The molecule has 28 rings (SSSR count). The molecule has 0 bridgehead atoms. The topological polar surface area (TPSA) is 306 Å². The normalized spacial score (nSPS) is 24.5. The first-order valence-electron chi connectivity index (χ1n) is 55.3. The third-order valence-corrected chi connectivity index (χ3v) is 35.6. The van der Waals surface area contributed by atoms with Crippen LogP contribution < -0.4 is 0 Å². The summed E-state index contributed by atoms with van der Waals surface area (Å²) in [5.41, 5.74) is 24.3. The number of alkyl halides is 6. The highest BCUT2D eigenvalue weighted by Gasteiger charge is 2.47. The molecule has 12 atom stereocenters. The van der Waals surface area contributed by atoms with Gasteiger partial charge in [-0.05, 0) is 237 Å². The molecular formula is C116H140F6N18O6. The second kappa shape index (κ2) is 42.1. The molecule has 10 fully saturated rings. The van der Waals surface area contributed by atoms with Crippen LogP contribution in [0.3, 0.4) is 0 Å². The van der Waals surface area contributed by atoms with Crippen LogP contribution in [0.25, 0.3) is 67.5 Å². The number of aliphatic hydroxyl groups is 6.